The van der Waals surface area contributed by atoms with Crippen molar-refractivity contribution in [3.05, 3.63) is 51.8 Å². The molecule has 2 aromatic heterocycles. The molecule has 0 atom stereocenters. The molecular formula is C22H19ClF3N3O4. The van der Waals surface area contributed by atoms with Crippen LogP contribution in [0, 0.1) is 11.2 Å². The average Bonchev–Trinajstić information content (AvgIpc) is 3.21. The van der Waals surface area contributed by atoms with Gasteiger partial charge in [0, 0.05) is 41.3 Å². The molecule has 1 saturated carbocycles. The fourth-order valence-electron chi connectivity index (χ4n) is 4.24. The SMILES string of the molecule is O=C(CC1(COC(F)F)CC1)c1onc2c1CN(C(=O)c1cc3c(Cl)c(F)ccc3[nH]1)CC2. The highest BCUT2D eigenvalue weighted by atomic mass is 35.5. The number of hydrogen-bond donors (Lipinski definition) is 1. The van der Waals surface area contributed by atoms with Gasteiger partial charge in [0.05, 0.1) is 23.9 Å². The predicted molar refractivity (Wildman–Crippen MR) is 111 cm³/mol. The van der Waals surface area contributed by atoms with Crippen molar-refractivity contribution in [1.29, 1.82) is 0 Å². The number of hydrogen-bond acceptors (Lipinski definition) is 5. The molecule has 1 aliphatic heterocycles. The average molecular weight is 482 g/mol. The lowest BCUT2D eigenvalue weighted by Gasteiger charge is -2.26. The number of ether oxygens (including phenoxy) is 1. The molecule has 33 heavy (non-hydrogen) atoms. The van der Waals surface area contributed by atoms with Gasteiger partial charge in [-0.25, -0.2) is 4.39 Å². The Hall–Kier alpha value is -2.85. The van der Waals surface area contributed by atoms with Crippen LogP contribution in [0.2, 0.25) is 5.02 Å². The molecule has 3 heterocycles. The Morgan fingerprint density at radius 2 is 2.12 bits per heavy atom. The smallest absolute Gasteiger partial charge is 0.345 e. The van der Waals surface area contributed by atoms with Crippen molar-refractivity contribution >= 4 is 34.2 Å². The van der Waals surface area contributed by atoms with E-state index in [0.717, 1.165) is 0 Å². The van der Waals surface area contributed by atoms with Crippen molar-refractivity contribution in [3.8, 4) is 0 Å². The van der Waals surface area contributed by atoms with Crippen LogP contribution in [0.5, 0.6) is 0 Å². The summed E-state index contributed by atoms with van der Waals surface area (Å²) in [4.78, 5) is 30.5. The summed E-state index contributed by atoms with van der Waals surface area (Å²) >= 11 is 6.01. The maximum absolute atomic E-state index is 13.7. The second kappa shape index (κ2) is 8.18. The number of fused-ring (bicyclic) bond motifs is 2. The number of aromatic amines is 1. The van der Waals surface area contributed by atoms with Crippen molar-refractivity contribution < 1.29 is 32.0 Å². The van der Waals surface area contributed by atoms with E-state index in [0.29, 0.717) is 48.0 Å². The lowest BCUT2D eigenvalue weighted by atomic mass is 9.96. The Bertz CT molecular complexity index is 1250. The minimum absolute atomic E-state index is 0.0153. The maximum Gasteiger partial charge on any atom is 0.345 e. The van der Waals surface area contributed by atoms with E-state index >= 15 is 0 Å². The molecule has 0 bridgehead atoms. The Morgan fingerprint density at radius 3 is 2.85 bits per heavy atom. The monoisotopic (exact) mass is 481 g/mol. The highest BCUT2D eigenvalue weighted by Gasteiger charge is 2.46. The second-order valence-electron chi connectivity index (χ2n) is 8.59. The van der Waals surface area contributed by atoms with Crippen molar-refractivity contribution in [2.45, 2.75) is 38.8 Å². The number of halogens is 4. The van der Waals surface area contributed by atoms with Crippen LogP contribution < -0.4 is 0 Å². The highest BCUT2D eigenvalue weighted by molar-refractivity contribution is 6.35. The van der Waals surface area contributed by atoms with Crippen LogP contribution in [0.15, 0.2) is 22.7 Å². The summed E-state index contributed by atoms with van der Waals surface area (Å²) in [5, 5.41) is 4.31. The van der Waals surface area contributed by atoms with Crippen LogP contribution in [0.25, 0.3) is 10.9 Å². The fourth-order valence-corrected chi connectivity index (χ4v) is 4.46. The molecule has 0 spiro atoms. The number of carbonyl (C=O) groups is 2. The number of alkyl halides is 2. The number of amides is 1. The molecule has 2 aliphatic rings. The summed E-state index contributed by atoms with van der Waals surface area (Å²) in [5.41, 5.74) is 1.29. The second-order valence-corrected chi connectivity index (χ2v) is 8.97. The zero-order valence-electron chi connectivity index (χ0n) is 17.3. The molecular weight excluding hydrogens is 463 g/mol. The molecule has 3 aromatic rings. The Kier molecular flexibility index (Phi) is 5.44. The molecule has 1 N–H and O–H groups in total. The zero-order valence-corrected chi connectivity index (χ0v) is 18.1. The summed E-state index contributed by atoms with van der Waals surface area (Å²) < 4.78 is 48.2. The van der Waals surface area contributed by atoms with E-state index in [2.05, 4.69) is 14.9 Å². The molecule has 11 heteroatoms. The third-order valence-electron chi connectivity index (χ3n) is 6.31. The number of H-pyrrole nitrogens is 1. The first-order valence-electron chi connectivity index (χ1n) is 10.4. The minimum atomic E-state index is -2.88. The molecule has 5 rings (SSSR count). The van der Waals surface area contributed by atoms with Crippen LogP contribution in [0.1, 0.15) is 51.6 Å². The van der Waals surface area contributed by atoms with Gasteiger partial charge in [-0.05, 0) is 31.0 Å². The van der Waals surface area contributed by atoms with E-state index in [4.69, 9.17) is 16.1 Å². The molecule has 174 valence electrons. The van der Waals surface area contributed by atoms with E-state index in [9.17, 15) is 22.8 Å². The molecule has 7 nitrogen and oxygen atoms in total. The van der Waals surface area contributed by atoms with Gasteiger partial charge in [0.25, 0.3) is 5.91 Å². The minimum Gasteiger partial charge on any atom is -0.352 e. The van der Waals surface area contributed by atoms with Gasteiger partial charge in [-0.15, -0.1) is 0 Å². The molecule has 0 unspecified atom stereocenters. The fraction of sp³-hybridized carbons (Fsp3) is 0.409. The molecule has 0 saturated heterocycles. The number of ketones is 1. The first-order chi connectivity index (χ1) is 15.8. The van der Waals surface area contributed by atoms with Crippen LogP contribution in [-0.2, 0) is 17.7 Å². The van der Waals surface area contributed by atoms with Gasteiger partial charge in [0.15, 0.2) is 0 Å². The van der Waals surface area contributed by atoms with Gasteiger partial charge in [0.1, 0.15) is 11.5 Å². The van der Waals surface area contributed by atoms with Gasteiger partial charge in [-0.3, -0.25) is 9.59 Å². The highest BCUT2D eigenvalue weighted by Crippen LogP contribution is 2.50. The molecule has 1 fully saturated rings. The maximum atomic E-state index is 13.7. The topological polar surface area (TPSA) is 88.4 Å². The summed E-state index contributed by atoms with van der Waals surface area (Å²) in [6.45, 7) is -2.61. The Morgan fingerprint density at radius 1 is 1.33 bits per heavy atom. The number of Topliss-reactive ketones (excluding diaryl/α,β-unsaturated/α-hetero) is 1. The standard InChI is InChI=1S/C22H19ClF3N3O4/c23-18-11-7-16(27-14(11)2-1-13(18)24)20(31)29-6-3-15-12(9-29)19(33-28-15)17(30)8-22(4-5-22)10-32-21(25)26/h1-2,7,21,27H,3-6,8-10H2. The molecule has 1 aromatic carbocycles. The van der Waals surface area contributed by atoms with Crippen molar-refractivity contribution in [2.24, 2.45) is 5.41 Å². The number of rotatable bonds is 7. The van der Waals surface area contributed by atoms with Crippen molar-refractivity contribution in [3.63, 3.8) is 0 Å². The first-order valence-corrected chi connectivity index (χ1v) is 10.8. The first kappa shape index (κ1) is 22.0. The van der Waals surface area contributed by atoms with Crippen molar-refractivity contribution in [1.82, 2.24) is 15.0 Å². The van der Waals surface area contributed by atoms with E-state index in [1.807, 2.05) is 0 Å². The quantitative estimate of drug-likeness (QED) is 0.492. The van der Waals surface area contributed by atoms with Gasteiger partial charge in [-0.1, -0.05) is 16.8 Å². The predicted octanol–water partition coefficient (Wildman–Crippen LogP) is 4.74. The summed E-state index contributed by atoms with van der Waals surface area (Å²) in [7, 11) is 0. The zero-order chi connectivity index (χ0) is 23.3. The Balaban J connectivity index is 1.33. The third-order valence-corrected chi connectivity index (χ3v) is 6.69. The van der Waals surface area contributed by atoms with Gasteiger partial charge < -0.3 is 19.1 Å². The third kappa shape index (κ3) is 4.13. The van der Waals surface area contributed by atoms with Gasteiger partial charge in [-0.2, -0.15) is 8.78 Å². The number of nitrogens with one attached hydrogen (secondary N) is 1. The van der Waals surface area contributed by atoms with Gasteiger partial charge >= 0.3 is 6.61 Å². The normalized spacial score (nSPS) is 16.9. The van der Waals surface area contributed by atoms with Gasteiger partial charge in [0.2, 0.25) is 11.5 Å². The molecule has 0 radical (unpaired) electrons. The summed E-state index contributed by atoms with van der Waals surface area (Å²) in [5.74, 6) is -1.21. The largest absolute Gasteiger partial charge is 0.352 e. The summed E-state index contributed by atoms with van der Waals surface area (Å²) in [6, 6.07) is 4.22. The van der Waals surface area contributed by atoms with E-state index < -0.39 is 17.8 Å². The van der Waals surface area contributed by atoms with Crippen LogP contribution in [-0.4, -0.2) is 46.5 Å². The van der Waals surface area contributed by atoms with E-state index in [1.165, 1.54) is 23.1 Å². The summed E-state index contributed by atoms with van der Waals surface area (Å²) in [6.07, 6.45) is 1.65. The Labute approximate surface area is 190 Å². The molecule has 1 amide bonds. The van der Waals surface area contributed by atoms with E-state index in [1.54, 1.807) is 0 Å². The van der Waals surface area contributed by atoms with Crippen LogP contribution >= 0.6 is 11.6 Å². The van der Waals surface area contributed by atoms with E-state index in [-0.39, 0.29) is 47.7 Å². The number of benzene rings is 1. The number of nitrogens with zero attached hydrogens (tertiary/aromatic N) is 2. The van der Waals surface area contributed by atoms with Crippen LogP contribution in [0.4, 0.5) is 13.2 Å². The lowest BCUT2D eigenvalue weighted by Crippen LogP contribution is -2.36. The number of carbonyl (C=O) groups excluding carboxylic acids is 2. The lowest BCUT2D eigenvalue weighted by molar-refractivity contribution is -0.140. The number of aromatic nitrogens is 2. The molecule has 1 aliphatic carbocycles. The van der Waals surface area contributed by atoms with Crippen LogP contribution in [0.3, 0.4) is 0 Å². The van der Waals surface area contributed by atoms with Crippen molar-refractivity contribution in [2.75, 3.05) is 13.2 Å².